The summed E-state index contributed by atoms with van der Waals surface area (Å²) in [6.07, 6.45) is 2.79. The number of carbonyl (C=O) groups excluding carboxylic acids is 1. The maximum atomic E-state index is 12.0. The Kier molecular flexibility index (Phi) is 4.06. The summed E-state index contributed by atoms with van der Waals surface area (Å²) in [6, 6.07) is 5.41. The average Bonchev–Trinajstić information content (AvgIpc) is 2.64. The molecule has 3 rings (SSSR count). The number of nitrogens with one attached hydrogen (secondary N) is 2. The molecule has 0 saturated carbocycles. The van der Waals surface area contributed by atoms with Gasteiger partial charge in [0.05, 0.1) is 0 Å². The van der Waals surface area contributed by atoms with E-state index in [1.165, 1.54) is 0 Å². The molecule has 6 heteroatoms. The number of ether oxygens (including phenoxy) is 1. The van der Waals surface area contributed by atoms with E-state index in [2.05, 4.69) is 15.6 Å². The van der Waals surface area contributed by atoms with Crippen LogP contribution in [0.5, 0.6) is 0 Å². The molecule has 1 fully saturated rings. The highest BCUT2D eigenvalue weighted by Crippen LogP contribution is 2.19. The second kappa shape index (κ2) is 6.13. The molecule has 112 valence electrons. The second-order valence-electron chi connectivity index (χ2n) is 5.25. The maximum absolute atomic E-state index is 12.0. The molecule has 0 spiro atoms. The van der Waals surface area contributed by atoms with Gasteiger partial charge in [-0.15, -0.1) is 0 Å². The normalized spacial score (nSPS) is 19.2. The summed E-state index contributed by atoms with van der Waals surface area (Å²) in [5.41, 5.74) is 2.16. The van der Waals surface area contributed by atoms with Gasteiger partial charge in [-0.05, 0) is 31.4 Å². The van der Waals surface area contributed by atoms with Crippen LogP contribution in [0.1, 0.15) is 25.2 Å². The van der Waals surface area contributed by atoms with Gasteiger partial charge >= 0.3 is 6.03 Å². The molecule has 0 radical (unpaired) electrons. The summed E-state index contributed by atoms with van der Waals surface area (Å²) in [5, 5.41) is 5.82. The van der Waals surface area contributed by atoms with Gasteiger partial charge in [-0.3, -0.25) is 0 Å². The minimum Gasteiger partial charge on any atom is -0.441 e. The monoisotopic (exact) mass is 289 g/mol. The molecule has 1 atom stereocenters. The van der Waals surface area contributed by atoms with Crippen molar-refractivity contribution in [3.8, 4) is 0 Å². The number of anilines is 1. The third-order valence-corrected chi connectivity index (χ3v) is 3.54. The largest absolute Gasteiger partial charge is 0.441 e. The van der Waals surface area contributed by atoms with Gasteiger partial charge in [0.2, 0.25) is 0 Å². The van der Waals surface area contributed by atoms with Crippen molar-refractivity contribution >= 4 is 22.8 Å². The van der Waals surface area contributed by atoms with Crippen LogP contribution >= 0.6 is 0 Å². The standard InChI is InChI=1S/C15H19N3O3/c1-10-16-13-5-4-12(9-14(13)21-10)18-15(19)17-11-3-2-7-20-8-6-11/h4-5,9,11H,2-3,6-8H2,1H3,(H2,17,18,19). The number of fused-ring (bicyclic) bond motifs is 1. The van der Waals surface area contributed by atoms with Crippen LogP contribution in [0.25, 0.3) is 11.1 Å². The maximum Gasteiger partial charge on any atom is 0.319 e. The van der Waals surface area contributed by atoms with E-state index >= 15 is 0 Å². The van der Waals surface area contributed by atoms with Gasteiger partial charge in [0.1, 0.15) is 5.52 Å². The Labute approximate surface area is 122 Å². The number of rotatable bonds is 2. The number of hydrogen-bond donors (Lipinski definition) is 2. The number of aryl methyl sites for hydroxylation is 1. The number of urea groups is 1. The molecule has 0 bridgehead atoms. The second-order valence-corrected chi connectivity index (χ2v) is 5.25. The molecule has 0 aliphatic carbocycles. The van der Waals surface area contributed by atoms with Crippen LogP contribution in [0.2, 0.25) is 0 Å². The molecule has 1 aliphatic rings. The highest BCUT2D eigenvalue weighted by atomic mass is 16.5. The summed E-state index contributed by atoms with van der Waals surface area (Å²) in [4.78, 5) is 16.3. The van der Waals surface area contributed by atoms with Crippen molar-refractivity contribution in [2.45, 2.75) is 32.2 Å². The van der Waals surface area contributed by atoms with Gasteiger partial charge in [0, 0.05) is 37.9 Å². The smallest absolute Gasteiger partial charge is 0.319 e. The Morgan fingerprint density at radius 2 is 2.24 bits per heavy atom. The fourth-order valence-corrected chi connectivity index (χ4v) is 2.52. The summed E-state index contributed by atoms with van der Waals surface area (Å²) in [6.45, 7) is 3.28. The summed E-state index contributed by atoms with van der Waals surface area (Å²) < 4.78 is 10.8. The van der Waals surface area contributed by atoms with Crippen LogP contribution < -0.4 is 10.6 Å². The molecule has 1 aromatic carbocycles. The lowest BCUT2D eigenvalue weighted by molar-refractivity contribution is 0.143. The highest BCUT2D eigenvalue weighted by Gasteiger charge is 2.15. The van der Waals surface area contributed by atoms with Gasteiger partial charge in [-0.2, -0.15) is 0 Å². The number of nitrogens with zero attached hydrogens (tertiary/aromatic N) is 1. The van der Waals surface area contributed by atoms with E-state index in [1.54, 1.807) is 13.0 Å². The molecule has 6 nitrogen and oxygen atoms in total. The zero-order valence-electron chi connectivity index (χ0n) is 12.0. The molecule has 1 saturated heterocycles. The van der Waals surface area contributed by atoms with E-state index in [9.17, 15) is 4.79 Å². The Morgan fingerprint density at radius 3 is 3.14 bits per heavy atom. The van der Waals surface area contributed by atoms with Crippen molar-refractivity contribution in [3.05, 3.63) is 24.1 Å². The van der Waals surface area contributed by atoms with E-state index in [1.807, 2.05) is 12.1 Å². The number of amides is 2. The first-order chi connectivity index (χ1) is 10.2. The molecule has 2 heterocycles. The third kappa shape index (κ3) is 3.52. The minimum atomic E-state index is -0.197. The van der Waals surface area contributed by atoms with Crippen LogP contribution in [-0.4, -0.2) is 30.3 Å². The van der Waals surface area contributed by atoms with Crippen molar-refractivity contribution < 1.29 is 13.9 Å². The van der Waals surface area contributed by atoms with Crippen molar-refractivity contribution in [2.24, 2.45) is 0 Å². The first kappa shape index (κ1) is 13.9. The topological polar surface area (TPSA) is 76.4 Å². The van der Waals surface area contributed by atoms with Crippen LogP contribution in [0.3, 0.4) is 0 Å². The Hall–Kier alpha value is -2.08. The van der Waals surface area contributed by atoms with Crippen molar-refractivity contribution in [3.63, 3.8) is 0 Å². The number of oxazole rings is 1. The predicted octanol–water partition coefficient (Wildman–Crippen LogP) is 2.83. The zero-order valence-corrected chi connectivity index (χ0v) is 12.0. The van der Waals surface area contributed by atoms with Crippen molar-refractivity contribution in [1.29, 1.82) is 0 Å². The average molecular weight is 289 g/mol. The van der Waals surface area contributed by atoms with Gasteiger partial charge in [0.25, 0.3) is 0 Å². The van der Waals surface area contributed by atoms with E-state index in [4.69, 9.17) is 9.15 Å². The van der Waals surface area contributed by atoms with Gasteiger partial charge in [-0.1, -0.05) is 0 Å². The first-order valence-corrected chi connectivity index (χ1v) is 7.23. The SMILES string of the molecule is Cc1nc2ccc(NC(=O)NC3CCCOCC3)cc2o1. The fourth-order valence-electron chi connectivity index (χ4n) is 2.52. The summed E-state index contributed by atoms with van der Waals surface area (Å²) in [5.74, 6) is 0.616. The van der Waals surface area contributed by atoms with Gasteiger partial charge in [0.15, 0.2) is 11.5 Å². The molecule has 1 aromatic heterocycles. The van der Waals surface area contributed by atoms with Crippen LogP contribution in [0.4, 0.5) is 10.5 Å². The van der Waals surface area contributed by atoms with E-state index in [0.29, 0.717) is 23.8 Å². The zero-order chi connectivity index (χ0) is 14.7. The Balaban J connectivity index is 1.62. The summed E-state index contributed by atoms with van der Waals surface area (Å²) >= 11 is 0. The van der Waals surface area contributed by atoms with Crippen molar-refractivity contribution in [1.82, 2.24) is 10.3 Å². The van der Waals surface area contributed by atoms with Crippen LogP contribution in [0.15, 0.2) is 22.6 Å². The molecular weight excluding hydrogens is 270 g/mol. The van der Waals surface area contributed by atoms with Crippen molar-refractivity contribution in [2.75, 3.05) is 18.5 Å². The molecule has 2 N–H and O–H groups in total. The molecule has 21 heavy (non-hydrogen) atoms. The van der Waals surface area contributed by atoms with E-state index in [-0.39, 0.29) is 12.1 Å². The third-order valence-electron chi connectivity index (χ3n) is 3.54. The molecule has 1 unspecified atom stereocenters. The molecular formula is C15H19N3O3. The van der Waals surface area contributed by atoms with Gasteiger partial charge < -0.3 is 19.8 Å². The quantitative estimate of drug-likeness (QED) is 0.891. The minimum absolute atomic E-state index is 0.170. The van der Waals surface area contributed by atoms with E-state index < -0.39 is 0 Å². The Bertz CT molecular complexity index is 630. The predicted molar refractivity (Wildman–Crippen MR) is 79.4 cm³/mol. The number of benzene rings is 1. The van der Waals surface area contributed by atoms with Gasteiger partial charge in [-0.25, -0.2) is 9.78 Å². The van der Waals surface area contributed by atoms with E-state index in [0.717, 1.165) is 31.4 Å². The number of hydrogen-bond acceptors (Lipinski definition) is 4. The lowest BCUT2D eigenvalue weighted by Gasteiger charge is -2.16. The lowest BCUT2D eigenvalue weighted by atomic mass is 10.1. The number of carbonyl (C=O) groups is 1. The molecule has 2 amide bonds. The van der Waals surface area contributed by atoms with Crippen LogP contribution in [0, 0.1) is 6.92 Å². The fraction of sp³-hybridized carbons (Fsp3) is 0.467. The van der Waals surface area contributed by atoms with Crippen LogP contribution in [-0.2, 0) is 4.74 Å². The molecule has 1 aliphatic heterocycles. The summed E-state index contributed by atoms with van der Waals surface area (Å²) in [7, 11) is 0. The Morgan fingerprint density at radius 1 is 1.33 bits per heavy atom. The molecule has 2 aromatic rings. The highest BCUT2D eigenvalue weighted by molar-refractivity contribution is 5.91. The lowest BCUT2D eigenvalue weighted by Crippen LogP contribution is -2.38. The number of aromatic nitrogens is 1. The first-order valence-electron chi connectivity index (χ1n) is 7.23.